The van der Waals surface area contributed by atoms with Gasteiger partial charge in [-0.15, -0.1) is 0 Å². The highest BCUT2D eigenvalue weighted by atomic mass is 19.4. The van der Waals surface area contributed by atoms with E-state index < -0.39 is 57.5 Å². The third-order valence-electron chi connectivity index (χ3n) is 13.7. The van der Waals surface area contributed by atoms with E-state index in [-0.39, 0.29) is 78.0 Å². The first-order chi connectivity index (χ1) is 41.2. The molecule has 472 valence electrons. The SMILES string of the molecule is C=Cc1ccc(N2CCN[C@H](c3ccccc3)C2)nc1C(=O)c1cccnc1N.CC(C)CC(C)(N)CNc1ccc(C(F)(F)F)c(C(=O)c2cccnc2N)n1.CC(N)(CNc1ccc(C(F)(F)F)c(C(=O)c2cccnc2N)n1)c1ccccc1.[HH].[HH].[HH].[HH].[HH].[HH].[HH].[HH].[HH]. The fourth-order valence-corrected chi connectivity index (χ4v) is 9.47. The Bertz CT molecular complexity index is 3740. The monoisotopic (exact) mass is 1210 g/mol. The molecule has 0 bridgehead atoms. The molecule has 18 nitrogen and oxygen atoms in total. The second-order valence-corrected chi connectivity index (χ2v) is 21.4. The largest absolute Gasteiger partial charge is 0.418 e. The van der Waals surface area contributed by atoms with Crippen LogP contribution in [0.5, 0.6) is 0 Å². The molecule has 2 aromatic carbocycles. The molecule has 0 saturated carbocycles. The van der Waals surface area contributed by atoms with Gasteiger partial charge < -0.3 is 49.5 Å². The highest BCUT2D eigenvalue weighted by Crippen LogP contribution is 2.36. The second kappa shape index (κ2) is 28.0. The maximum absolute atomic E-state index is 13.5. The van der Waals surface area contributed by atoms with E-state index in [9.17, 15) is 40.7 Å². The molecule has 1 aliphatic rings. The van der Waals surface area contributed by atoms with Gasteiger partial charge in [-0.1, -0.05) is 87.2 Å². The van der Waals surface area contributed by atoms with Crippen LogP contribution in [0.2, 0.25) is 0 Å². The van der Waals surface area contributed by atoms with E-state index in [4.69, 9.17) is 33.7 Å². The van der Waals surface area contributed by atoms with Gasteiger partial charge in [0.25, 0.3) is 0 Å². The molecular weight excluding hydrogens is 1130 g/mol. The molecule has 6 aromatic heterocycles. The molecule has 9 rings (SSSR count). The van der Waals surface area contributed by atoms with Crippen LogP contribution in [0.25, 0.3) is 6.08 Å². The minimum Gasteiger partial charge on any atom is -0.383 e. The standard InChI is InChI=1S/C23H23N5O.C21H20F3N5O.C19H24F3N5O.9H2/c1-2-16-10-11-20(27-21(16)22(29)18-9-6-12-26-23(18)24)28-14-13-25-19(15-28)17-7-4-3-5-8-17;1-20(26,13-6-3-2-4-7-13)12-28-16-10-9-15(21(22,23)24)17(29-16)18(30)14-8-5-11-27-19(14)25;1-11(2)9-18(3,24)10-26-14-7-6-13(19(20,21)22)15(27-14)16(28)12-5-4-8-25-17(12)23;;;;;;;;;/h2-12,19,25H,1,13-15H2,(H2,24,26);2-11H,12,26H2,1H3,(H2,25,27)(H,28,29);4-8,11H,9-10,24H2,1-3H3,(H2,23,25)(H,26,27);9*1H/t19-;;;;;;;;;;;/m0.........../s1. The van der Waals surface area contributed by atoms with Gasteiger partial charge in [0.1, 0.15) is 52.0 Å². The summed E-state index contributed by atoms with van der Waals surface area (Å²) in [6.07, 6.45) is -2.91. The summed E-state index contributed by atoms with van der Waals surface area (Å²) in [5.74, 6) is -0.961. The number of nitrogen functional groups attached to an aromatic ring is 3. The molecule has 0 spiro atoms. The maximum atomic E-state index is 13.5. The van der Waals surface area contributed by atoms with Crippen molar-refractivity contribution < 1.29 is 53.6 Å². The molecule has 1 aliphatic heterocycles. The van der Waals surface area contributed by atoms with Crippen molar-refractivity contribution in [2.24, 2.45) is 17.4 Å². The van der Waals surface area contributed by atoms with Crippen molar-refractivity contribution in [1.29, 1.82) is 0 Å². The highest BCUT2D eigenvalue weighted by molar-refractivity contribution is 6.13. The summed E-state index contributed by atoms with van der Waals surface area (Å²) in [4.78, 5) is 64.9. The predicted molar refractivity (Wildman–Crippen MR) is 344 cm³/mol. The van der Waals surface area contributed by atoms with E-state index in [1.54, 1.807) is 31.3 Å². The van der Waals surface area contributed by atoms with E-state index in [1.165, 1.54) is 48.3 Å². The second-order valence-electron chi connectivity index (χ2n) is 21.4. The zero-order chi connectivity index (χ0) is 63.3. The molecule has 13 N–H and O–H groups in total. The molecule has 0 amide bonds. The number of benzene rings is 2. The predicted octanol–water partition coefficient (Wildman–Crippen LogP) is 12.4. The Morgan fingerprint density at radius 3 is 1.54 bits per heavy atom. The Morgan fingerprint density at radius 2 is 1.09 bits per heavy atom. The summed E-state index contributed by atoms with van der Waals surface area (Å²) < 4.78 is 80.6. The number of piperazine rings is 1. The van der Waals surface area contributed by atoms with Gasteiger partial charge in [-0.3, -0.25) is 14.4 Å². The van der Waals surface area contributed by atoms with Crippen molar-refractivity contribution >= 4 is 58.3 Å². The van der Waals surface area contributed by atoms with Crippen LogP contribution < -0.4 is 49.5 Å². The summed E-state index contributed by atoms with van der Waals surface area (Å²) in [7, 11) is 0. The van der Waals surface area contributed by atoms with E-state index in [1.807, 2.05) is 81.4 Å². The highest BCUT2D eigenvalue weighted by Gasteiger charge is 2.39. The normalized spacial score (nSPS) is 14.6. The van der Waals surface area contributed by atoms with Crippen LogP contribution in [0.1, 0.15) is 129 Å². The van der Waals surface area contributed by atoms with Crippen LogP contribution in [0, 0.1) is 5.92 Å². The van der Waals surface area contributed by atoms with E-state index in [2.05, 4.69) is 64.5 Å². The van der Waals surface area contributed by atoms with Gasteiger partial charge in [0.15, 0.2) is 0 Å². The number of pyridine rings is 6. The minimum absolute atomic E-state index is 0. The number of carbonyl (C=O) groups is 3. The molecule has 8 aromatic rings. The van der Waals surface area contributed by atoms with Crippen molar-refractivity contribution in [2.75, 3.05) is 65.5 Å². The quantitative estimate of drug-likeness (QED) is 0.0292. The number of nitrogens with zero attached hydrogens (tertiary/aromatic N) is 7. The number of anilines is 6. The van der Waals surface area contributed by atoms with Crippen LogP contribution in [0.15, 0.2) is 159 Å². The average molecular weight is 1210 g/mol. The van der Waals surface area contributed by atoms with E-state index in [0.717, 1.165) is 49.2 Å². The van der Waals surface area contributed by atoms with E-state index in [0.29, 0.717) is 29.2 Å². The number of ketones is 3. The molecule has 1 fully saturated rings. The minimum atomic E-state index is -4.76. The van der Waals surface area contributed by atoms with Crippen molar-refractivity contribution in [3.05, 3.63) is 220 Å². The van der Waals surface area contributed by atoms with Crippen LogP contribution in [-0.4, -0.2) is 85.5 Å². The van der Waals surface area contributed by atoms with Gasteiger partial charge in [-0.2, -0.15) is 26.3 Å². The zero-order valence-corrected chi connectivity index (χ0v) is 48.1. The number of hydrogen-bond donors (Lipinski definition) is 8. The number of aromatic nitrogens is 6. The van der Waals surface area contributed by atoms with Crippen molar-refractivity contribution in [3.63, 3.8) is 0 Å². The van der Waals surface area contributed by atoms with Gasteiger partial charge in [-0.05, 0) is 110 Å². The van der Waals surface area contributed by atoms with Gasteiger partial charge in [0.2, 0.25) is 17.3 Å². The number of rotatable bonds is 18. The van der Waals surface area contributed by atoms with Crippen LogP contribution in [-0.2, 0) is 17.9 Å². The first-order valence-corrected chi connectivity index (χ1v) is 27.4. The fourth-order valence-electron chi connectivity index (χ4n) is 9.47. The summed E-state index contributed by atoms with van der Waals surface area (Å²) in [6.45, 7) is 14.4. The van der Waals surface area contributed by atoms with Crippen LogP contribution >= 0.6 is 0 Å². The molecule has 87 heavy (non-hydrogen) atoms. The Kier molecular flexibility index (Phi) is 20.9. The number of alkyl halides is 6. The van der Waals surface area contributed by atoms with Crippen molar-refractivity contribution in [1.82, 2.24) is 35.2 Å². The third-order valence-corrected chi connectivity index (χ3v) is 13.7. The molecule has 7 heterocycles. The Balaban J connectivity index is -0.00000129. The lowest BCUT2D eigenvalue weighted by Gasteiger charge is -2.35. The van der Waals surface area contributed by atoms with E-state index >= 15 is 0 Å². The average Bonchev–Trinajstić information content (AvgIpc) is 0.808. The molecule has 24 heteroatoms. The molecule has 0 aliphatic carbocycles. The smallest absolute Gasteiger partial charge is 0.383 e. The third kappa shape index (κ3) is 17.0. The van der Waals surface area contributed by atoms with Gasteiger partial charge in [0, 0.05) is 81.3 Å². The Morgan fingerprint density at radius 1 is 0.632 bits per heavy atom. The lowest BCUT2D eigenvalue weighted by atomic mass is 9.92. The fraction of sp³-hybridized carbons (Fsp3) is 0.254. The van der Waals surface area contributed by atoms with Crippen molar-refractivity contribution in [3.8, 4) is 0 Å². The summed E-state index contributed by atoms with van der Waals surface area (Å²) in [6, 6.07) is 36.4. The lowest BCUT2D eigenvalue weighted by Crippen LogP contribution is -2.46. The number of nitrogens with two attached hydrogens (primary N) is 5. The molecular formula is C63H85F6N15O3. The van der Waals surface area contributed by atoms with Crippen LogP contribution in [0.3, 0.4) is 0 Å². The molecule has 1 saturated heterocycles. The number of carbonyl (C=O) groups excluding carboxylic acids is 3. The maximum Gasteiger partial charge on any atom is 0.418 e. The first-order valence-electron chi connectivity index (χ1n) is 27.4. The summed E-state index contributed by atoms with van der Waals surface area (Å²) in [5, 5.41) is 9.40. The van der Waals surface area contributed by atoms with Crippen molar-refractivity contribution in [2.45, 2.75) is 63.6 Å². The summed E-state index contributed by atoms with van der Waals surface area (Å²) >= 11 is 0. The van der Waals surface area contributed by atoms with Crippen LogP contribution in [0.4, 0.5) is 61.2 Å². The van der Waals surface area contributed by atoms with Gasteiger partial charge in [0.05, 0.1) is 33.4 Å². The molecule has 3 atom stereocenters. The molecule has 0 radical (unpaired) electrons. The number of hydrogen-bond acceptors (Lipinski definition) is 18. The van der Waals surface area contributed by atoms with Gasteiger partial charge in [-0.25, -0.2) is 29.9 Å². The van der Waals surface area contributed by atoms with Gasteiger partial charge >= 0.3 is 12.4 Å². The first kappa shape index (κ1) is 64.9. The zero-order valence-electron chi connectivity index (χ0n) is 48.1. The Labute approximate surface area is 512 Å². The lowest BCUT2D eigenvalue weighted by molar-refractivity contribution is -0.138. The number of nitrogens with one attached hydrogen (secondary N) is 3. The summed E-state index contributed by atoms with van der Waals surface area (Å²) in [5.41, 5.74) is 27.7. The topological polar surface area (TPSA) is 298 Å². The Hall–Kier alpha value is -9.65. The number of halogens is 6. The molecule has 2 unspecified atom stereocenters.